The van der Waals surface area contributed by atoms with Crippen LogP contribution >= 0.6 is 12.4 Å². The van der Waals surface area contributed by atoms with Crippen LogP contribution in [0.25, 0.3) is 0 Å². The van der Waals surface area contributed by atoms with Crippen molar-refractivity contribution in [2.45, 2.75) is 56.7 Å². The number of rotatable bonds is 4. The Labute approximate surface area is 109 Å². The summed E-state index contributed by atoms with van der Waals surface area (Å²) in [5, 5.41) is 6.46. The Hall–Kier alpha value is -0.320. The van der Waals surface area contributed by atoms with Crippen molar-refractivity contribution in [3.8, 4) is 0 Å². The Morgan fingerprint density at radius 3 is 2.82 bits per heavy atom. The fraction of sp³-hybridized carbons (Fsp3) is 0.917. The van der Waals surface area contributed by atoms with Crippen LogP contribution in [-0.2, 0) is 9.53 Å². The van der Waals surface area contributed by atoms with E-state index in [2.05, 4.69) is 10.6 Å². The molecule has 2 rings (SSSR count). The highest BCUT2D eigenvalue weighted by atomic mass is 35.5. The lowest BCUT2D eigenvalue weighted by Gasteiger charge is -2.15. The minimum absolute atomic E-state index is 0. The van der Waals surface area contributed by atoms with Gasteiger partial charge in [0.15, 0.2) is 0 Å². The normalized spacial score (nSPS) is 32.2. The second-order valence-electron chi connectivity index (χ2n) is 4.93. The van der Waals surface area contributed by atoms with E-state index in [1.165, 1.54) is 6.42 Å². The predicted octanol–water partition coefficient (Wildman–Crippen LogP) is 1.23. The first kappa shape index (κ1) is 14.7. The van der Waals surface area contributed by atoms with E-state index in [9.17, 15) is 4.79 Å². The molecule has 100 valence electrons. The first-order valence-electron chi connectivity index (χ1n) is 6.33. The molecule has 2 N–H and O–H groups in total. The highest BCUT2D eigenvalue weighted by Crippen LogP contribution is 2.21. The zero-order valence-electron chi connectivity index (χ0n) is 10.4. The summed E-state index contributed by atoms with van der Waals surface area (Å²) in [7, 11) is 1.75. The fourth-order valence-electron chi connectivity index (χ4n) is 2.73. The molecule has 1 aliphatic heterocycles. The molecular weight excluding hydrogens is 240 g/mol. The van der Waals surface area contributed by atoms with Crippen LogP contribution < -0.4 is 10.6 Å². The molecule has 3 unspecified atom stereocenters. The minimum atomic E-state index is 0. The van der Waals surface area contributed by atoms with Gasteiger partial charge in [-0.05, 0) is 38.6 Å². The van der Waals surface area contributed by atoms with Gasteiger partial charge in [0.25, 0.3) is 0 Å². The summed E-state index contributed by atoms with van der Waals surface area (Å²) in [6, 6.07) is 0.735. The number of hydrogen-bond donors (Lipinski definition) is 2. The third-order valence-electron chi connectivity index (χ3n) is 3.68. The zero-order chi connectivity index (χ0) is 11.4. The largest absolute Gasteiger partial charge is 0.381 e. The van der Waals surface area contributed by atoms with Gasteiger partial charge in [-0.1, -0.05) is 0 Å². The Morgan fingerprint density at radius 1 is 1.41 bits per heavy atom. The Balaban J connectivity index is 0.00000144. The van der Waals surface area contributed by atoms with Crippen molar-refractivity contribution < 1.29 is 9.53 Å². The number of nitrogens with one attached hydrogen (secondary N) is 2. The molecule has 1 aliphatic carbocycles. The quantitative estimate of drug-likeness (QED) is 0.801. The molecule has 1 saturated carbocycles. The summed E-state index contributed by atoms with van der Waals surface area (Å²) in [5.41, 5.74) is 0. The smallest absolute Gasteiger partial charge is 0.221 e. The third-order valence-corrected chi connectivity index (χ3v) is 3.68. The van der Waals surface area contributed by atoms with E-state index in [-0.39, 0.29) is 18.3 Å². The summed E-state index contributed by atoms with van der Waals surface area (Å²) in [6.07, 6.45) is 6.42. The molecule has 3 atom stereocenters. The zero-order valence-corrected chi connectivity index (χ0v) is 11.2. The molecular formula is C12H23ClN2O2. The van der Waals surface area contributed by atoms with E-state index in [4.69, 9.17) is 4.74 Å². The van der Waals surface area contributed by atoms with Gasteiger partial charge in [-0.3, -0.25) is 4.79 Å². The number of carbonyl (C=O) groups excluding carboxylic acids is 1. The van der Waals surface area contributed by atoms with E-state index >= 15 is 0 Å². The lowest BCUT2D eigenvalue weighted by atomic mass is 10.1. The van der Waals surface area contributed by atoms with Gasteiger partial charge in [0.05, 0.1) is 6.10 Å². The van der Waals surface area contributed by atoms with Crippen molar-refractivity contribution in [3.05, 3.63) is 0 Å². The van der Waals surface area contributed by atoms with Gasteiger partial charge in [0, 0.05) is 25.6 Å². The van der Waals surface area contributed by atoms with Crippen LogP contribution in [-0.4, -0.2) is 37.7 Å². The van der Waals surface area contributed by atoms with Crippen LogP contribution in [0.1, 0.15) is 38.5 Å². The highest BCUT2D eigenvalue weighted by Gasteiger charge is 2.26. The summed E-state index contributed by atoms with van der Waals surface area (Å²) in [6.45, 7) is 1.06. The molecule has 1 saturated heterocycles. The summed E-state index contributed by atoms with van der Waals surface area (Å²) >= 11 is 0. The molecule has 0 spiro atoms. The maximum Gasteiger partial charge on any atom is 0.221 e. The molecule has 0 aromatic carbocycles. The van der Waals surface area contributed by atoms with E-state index in [0.29, 0.717) is 24.6 Å². The number of halogens is 1. The standard InChI is InChI=1S/C12H22N2O2.ClH/c1-16-11-5-4-10(7-11)14-12(15)8-9-3-2-6-13-9;/h9-11,13H,2-8H2,1H3,(H,14,15);1H. The number of amides is 1. The summed E-state index contributed by atoms with van der Waals surface area (Å²) in [4.78, 5) is 11.8. The van der Waals surface area contributed by atoms with Crippen molar-refractivity contribution in [1.82, 2.24) is 10.6 Å². The maximum atomic E-state index is 11.8. The molecule has 0 aromatic rings. The molecule has 17 heavy (non-hydrogen) atoms. The number of hydrogen-bond acceptors (Lipinski definition) is 3. The second kappa shape index (κ2) is 7.19. The monoisotopic (exact) mass is 262 g/mol. The van der Waals surface area contributed by atoms with Crippen molar-refractivity contribution >= 4 is 18.3 Å². The van der Waals surface area contributed by atoms with Crippen LogP contribution in [0.5, 0.6) is 0 Å². The highest BCUT2D eigenvalue weighted by molar-refractivity contribution is 5.85. The van der Waals surface area contributed by atoms with Gasteiger partial charge >= 0.3 is 0 Å². The minimum Gasteiger partial charge on any atom is -0.381 e. The lowest BCUT2D eigenvalue weighted by Crippen LogP contribution is -2.37. The number of methoxy groups -OCH3 is 1. The van der Waals surface area contributed by atoms with Crippen LogP contribution in [0.3, 0.4) is 0 Å². The molecule has 0 radical (unpaired) electrons. The van der Waals surface area contributed by atoms with E-state index < -0.39 is 0 Å². The lowest BCUT2D eigenvalue weighted by molar-refractivity contribution is -0.122. The van der Waals surface area contributed by atoms with Crippen molar-refractivity contribution in [2.75, 3.05) is 13.7 Å². The van der Waals surface area contributed by atoms with E-state index in [1.54, 1.807) is 7.11 Å². The molecule has 4 nitrogen and oxygen atoms in total. The van der Waals surface area contributed by atoms with Gasteiger partial charge < -0.3 is 15.4 Å². The van der Waals surface area contributed by atoms with Crippen LogP contribution in [0.4, 0.5) is 0 Å². The topological polar surface area (TPSA) is 50.4 Å². The molecule has 5 heteroatoms. The molecule has 2 aliphatic rings. The second-order valence-corrected chi connectivity index (χ2v) is 4.93. The average Bonchev–Trinajstić information content (AvgIpc) is 2.89. The van der Waals surface area contributed by atoms with Gasteiger partial charge in [-0.15, -0.1) is 12.4 Å². The van der Waals surface area contributed by atoms with Crippen molar-refractivity contribution in [2.24, 2.45) is 0 Å². The number of carbonyl (C=O) groups is 1. The Kier molecular flexibility index (Phi) is 6.23. The van der Waals surface area contributed by atoms with Crippen molar-refractivity contribution in [1.29, 1.82) is 0 Å². The van der Waals surface area contributed by atoms with E-state index in [0.717, 1.165) is 32.2 Å². The van der Waals surface area contributed by atoms with Crippen LogP contribution in [0.2, 0.25) is 0 Å². The SMILES string of the molecule is COC1CCC(NC(=O)CC2CCCN2)C1.Cl. The van der Waals surface area contributed by atoms with Crippen molar-refractivity contribution in [3.63, 3.8) is 0 Å². The van der Waals surface area contributed by atoms with Crippen LogP contribution in [0.15, 0.2) is 0 Å². The first-order chi connectivity index (χ1) is 7.78. The number of ether oxygens (including phenoxy) is 1. The molecule has 1 heterocycles. The third kappa shape index (κ3) is 4.45. The van der Waals surface area contributed by atoms with Crippen LogP contribution in [0, 0.1) is 0 Å². The Bertz CT molecular complexity index is 245. The van der Waals surface area contributed by atoms with Gasteiger partial charge in [0.2, 0.25) is 5.91 Å². The maximum absolute atomic E-state index is 11.8. The average molecular weight is 263 g/mol. The fourth-order valence-corrected chi connectivity index (χ4v) is 2.73. The van der Waals surface area contributed by atoms with Gasteiger partial charge in [-0.25, -0.2) is 0 Å². The molecule has 2 fully saturated rings. The first-order valence-corrected chi connectivity index (χ1v) is 6.33. The molecule has 0 bridgehead atoms. The molecule has 1 amide bonds. The Morgan fingerprint density at radius 2 is 2.24 bits per heavy atom. The van der Waals surface area contributed by atoms with Gasteiger partial charge in [0.1, 0.15) is 0 Å². The molecule has 0 aromatic heterocycles. The summed E-state index contributed by atoms with van der Waals surface area (Å²) < 4.78 is 5.29. The summed E-state index contributed by atoms with van der Waals surface area (Å²) in [5.74, 6) is 0.196. The predicted molar refractivity (Wildman–Crippen MR) is 69.5 cm³/mol. The van der Waals surface area contributed by atoms with Gasteiger partial charge in [-0.2, -0.15) is 0 Å². The van der Waals surface area contributed by atoms with E-state index in [1.807, 2.05) is 0 Å².